The van der Waals surface area contributed by atoms with Crippen molar-refractivity contribution in [2.45, 2.75) is 51.5 Å². The zero-order chi connectivity index (χ0) is 17.7. The predicted octanol–water partition coefficient (Wildman–Crippen LogP) is 3.05. The fourth-order valence-corrected chi connectivity index (χ4v) is 4.01. The number of amides is 1. The molecule has 25 heavy (non-hydrogen) atoms. The van der Waals surface area contributed by atoms with Gasteiger partial charge in [-0.25, -0.2) is 0 Å². The number of rotatable bonds is 6. The van der Waals surface area contributed by atoms with Gasteiger partial charge in [0.25, 0.3) is 5.91 Å². The van der Waals surface area contributed by atoms with Crippen LogP contribution in [0.15, 0.2) is 24.3 Å². The van der Waals surface area contributed by atoms with Crippen LogP contribution < -0.4 is 5.32 Å². The van der Waals surface area contributed by atoms with E-state index in [1.165, 1.54) is 24.8 Å². The van der Waals surface area contributed by atoms with Crippen LogP contribution in [0.5, 0.6) is 0 Å². The van der Waals surface area contributed by atoms with E-state index in [0.717, 1.165) is 32.5 Å². The number of nitrogens with one attached hydrogen (secondary N) is 1. The first-order valence-electron chi connectivity index (χ1n) is 9.42. The summed E-state index contributed by atoms with van der Waals surface area (Å²) in [7, 11) is 0. The number of benzene rings is 1. The first kappa shape index (κ1) is 17.9. The molecule has 1 aliphatic heterocycles. The molecule has 1 amide bonds. The number of hydrogen-bond acceptors (Lipinski definition) is 3. The molecule has 0 radical (unpaired) electrons. The van der Waals surface area contributed by atoms with Gasteiger partial charge >= 0.3 is 5.97 Å². The number of carbonyl (C=O) groups is 2. The highest BCUT2D eigenvalue weighted by Crippen LogP contribution is 2.37. The van der Waals surface area contributed by atoms with Crippen LogP contribution in [0.1, 0.15) is 60.9 Å². The first-order chi connectivity index (χ1) is 12.1. The highest BCUT2D eigenvalue weighted by Gasteiger charge is 2.41. The second-order valence-electron chi connectivity index (χ2n) is 7.51. The summed E-state index contributed by atoms with van der Waals surface area (Å²) in [6.07, 6.45) is 7.01. The summed E-state index contributed by atoms with van der Waals surface area (Å²) >= 11 is 0. The minimum Gasteiger partial charge on any atom is -0.481 e. The second kappa shape index (κ2) is 8.00. The van der Waals surface area contributed by atoms with Crippen LogP contribution in [-0.2, 0) is 11.3 Å². The molecule has 2 aliphatic rings. The maximum absolute atomic E-state index is 12.4. The topological polar surface area (TPSA) is 69.6 Å². The van der Waals surface area contributed by atoms with Crippen molar-refractivity contribution < 1.29 is 14.7 Å². The number of nitrogens with zero attached hydrogens (tertiary/aromatic N) is 1. The average molecular weight is 344 g/mol. The molecule has 2 N–H and O–H groups in total. The van der Waals surface area contributed by atoms with Gasteiger partial charge in [-0.1, -0.05) is 31.4 Å². The van der Waals surface area contributed by atoms with Crippen molar-refractivity contribution in [3.8, 4) is 0 Å². The summed E-state index contributed by atoms with van der Waals surface area (Å²) in [5.74, 6) is -0.973. The summed E-state index contributed by atoms with van der Waals surface area (Å²) in [5, 5.41) is 12.3. The van der Waals surface area contributed by atoms with Crippen molar-refractivity contribution in [3.05, 3.63) is 35.4 Å². The highest BCUT2D eigenvalue weighted by molar-refractivity contribution is 5.94. The van der Waals surface area contributed by atoms with Gasteiger partial charge in [0.15, 0.2) is 0 Å². The molecule has 3 rings (SSSR count). The Morgan fingerprint density at radius 2 is 1.64 bits per heavy atom. The fraction of sp³-hybridized carbons (Fsp3) is 0.600. The standard InChI is InChI=1S/C20H28N2O3/c23-18(21-15-20(19(24)25)10-2-3-11-20)17-8-6-16(7-9-17)14-22-12-4-1-5-13-22/h6-9H,1-5,10-15H2,(H,21,23)(H,24,25). The Bertz CT molecular complexity index is 600. The van der Waals surface area contributed by atoms with Gasteiger partial charge in [0.1, 0.15) is 0 Å². The van der Waals surface area contributed by atoms with Crippen molar-refractivity contribution >= 4 is 11.9 Å². The molecule has 0 bridgehead atoms. The monoisotopic (exact) mass is 344 g/mol. The Labute approximate surface area is 149 Å². The van der Waals surface area contributed by atoms with Gasteiger partial charge in [0.05, 0.1) is 5.41 Å². The van der Waals surface area contributed by atoms with Crippen LogP contribution in [-0.4, -0.2) is 41.5 Å². The molecule has 1 aromatic carbocycles. The molecular formula is C20H28N2O3. The number of aliphatic carboxylic acids is 1. The predicted molar refractivity (Wildman–Crippen MR) is 96.4 cm³/mol. The molecule has 1 saturated carbocycles. The van der Waals surface area contributed by atoms with E-state index in [0.29, 0.717) is 18.4 Å². The molecule has 0 unspecified atom stereocenters. The number of piperidine rings is 1. The lowest BCUT2D eigenvalue weighted by atomic mass is 9.86. The molecule has 5 heteroatoms. The third kappa shape index (κ3) is 4.40. The van der Waals surface area contributed by atoms with Crippen LogP contribution in [0.2, 0.25) is 0 Å². The SMILES string of the molecule is O=C(NCC1(C(=O)O)CCCC1)c1ccc(CN2CCCCC2)cc1. The molecular weight excluding hydrogens is 316 g/mol. The van der Waals surface area contributed by atoms with Crippen molar-refractivity contribution in [1.29, 1.82) is 0 Å². The number of carboxylic acid groups (broad SMARTS) is 1. The van der Waals surface area contributed by atoms with Crippen molar-refractivity contribution in [2.24, 2.45) is 5.41 Å². The van der Waals surface area contributed by atoms with E-state index >= 15 is 0 Å². The molecule has 0 atom stereocenters. The Balaban J connectivity index is 1.54. The van der Waals surface area contributed by atoms with E-state index in [1.54, 1.807) is 0 Å². The Kier molecular flexibility index (Phi) is 5.74. The highest BCUT2D eigenvalue weighted by atomic mass is 16.4. The van der Waals surface area contributed by atoms with E-state index in [4.69, 9.17) is 0 Å². The first-order valence-corrected chi connectivity index (χ1v) is 9.42. The molecule has 1 heterocycles. The van der Waals surface area contributed by atoms with Gasteiger partial charge < -0.3 is 10.4 Å². The van der Waals surface area contributed by atoms with Gasteiger partial charge in [-0.05, 0) is 56.5 Å². The molecule has 0 spiro atoms. The molecule has 1 saturated heterocycles. The van der Waals surface area contributed by atoms with E-state index in [2.05, 4.69) is 10.2 Å². The minimum absolute atomic E-state index is 0.183. The Morgan fingerprint density at radius 3 is 2.24 bits per heavy atom. The van der Waals surface area contributed by atoms with Crippen LogP contribution in [0.4, 0.5) is 0 Å². The number of hydrogen-bond donors (Lipinski definition) is 2. The lowest BCUT2D eigenvalue weighted by Gasteiger charge is -2.26. The van der Waals surface area contributed by atoms with Gasteiger partial charge in [-0.3, -0.25) is 14.5 Å². The normalized spacial score (nSPS) is 20.3. The number of carbonyl (C=O) groups excluding carboxylic acids is 1. The average Bonchev–Trinajstić information content (AvgIpc) is 3.12. The summed E-state index contributed by atoms with van der Waals surface area (Å²) in [4.78, 5) is 26.4. The smallest absolute Gasteiger partial charge is 0.311 e. The zero-order valence-electron chi connectivity index (χ0n) is 14.8. The van der Waals surface area contributed by atoms with E-state index in [1.807, 2.05) is 24.3 Å². The number of likely N-dealkylation sites (tertiary alicyclic amines) is 1. The van der Waals surface area contributed by atoms with Crippen LogP contribution in [0, 0.1) is 5.41 Å². The molecule has 5 nitrogen and oxygen atoms in total. The quantitative estimate of drug-likeness (QED) is 0.832. The van der Waals surface area contributed by atoms with E-state index in [9.17, 15) is 14.7 Å². The minimum atomic E-state index is -0.790. The summed E-state index contributed by atoms with van der Waals surface area (Å²) in [6.45, 7) is 3.46. The van der Waals surface area contributed by atoms with E-state index < -0.39 is 11.4 Å². The Morgan fingerprint density at radius 1 is 1.00 bits per heavy atom. The molecule has 2 fully saturated rings. The Hall–Kier alpha value is -1.88. The van der Waals surface area contributed by atoms with Crippen LogP contribution >= 0.6 is 0 Å². The molecule has 136 valence electrons. The lowest BCUT2D eigenvalue weighted by molar-refractivity contribution is -0.148. The molecule has 1 aliphatic carbocycles. The number of carboxylic acids is 1. The van der Waals surface area contributed by atoms with Crippen molar-refractivity contribution in [1.82, 2.24) is 10.2 Å². The van der Waals surface area contributed by atoms with Crippen LogP contribution in [0.3, 0.4) is 0 Å². The summed E-state index contributed by atoms with van der Waals surface area (Å²) in [6, 6.07) is 7.70. The van der Waals surface area contributed by atoms with Gasteiger partial charge in [-0.15, -0.1) is 0 Å². The second-order valence-corrected chi connectivity index (χ2v) is 7.51. The zero-order valence-corrected chi connectivity index (χ0v) is 14.8. The third-order valence-electron chi connectivity index (χ3n) is 5.67. The van der Waals surface area contributed by atoms with Crippen molar-refractivity contribution in [2.75, 3.05) is 19.6 Å². The van der Waals surface area contributed by atoms with Gasteiger partial charge in [0, 0.05) is 18.7 Å². The van der Waals surface area contributed by atoms with E-state index in [-0.39, 0.29) is 12.5 Å². The fourth-order valence-electron chi connectivity index (χ4n) is 4.01. The summed E-state index contributed by atoms with van der Waals surface area (Å²) < 4.78 is 0. The van der Waals surface area contributed by atoms with Crippen molar-refractivity contribution in [3.63, 3.8) is 0 Å². The maximum Gasteiger partial charge on any atom is 0.311 e. The lowest BCUT2D eigenvalue weighted by Crippen LogP contribution is -2.41. The maximum atomic E-state index is 12.4. The third-order valence-corrected chi connectivity index (χ3v) is 5.67. The van der Waals surface area contributed by atoms with Gasteiger partial charge in [0.2, 0.25) is 0 Å². The molecule has 1 aromatic rings. The molecule has 0 aromatic heterocycles. The largest absolute Gasteiger partial charge is 0.481 e. The summed E-state index contributed by atoms with van der Waals surface area (Å²) in [5.41, 5.74) is 1.04. The van der Waals surface area contributed by atoms with Gasteiger partial charge in [-0.2, -0.15) is 0 Å². The van der Waals surface area contributed by atoms with Crippen LogP contribution in [0.25, 0.3) is 0 Å².